The number of thiazole rings is 1. The number of Topliss-reactive ketones (excluding diaryl/α,β-unsaturated/α-hetero) is 1. The van der Waals surface area contributed by atoms with Crippen LogP contribution in [0.25, 0.3) is 5.76 Å². The van der Waals surface area contributed by atoms with Gasteiger partial charge in [0, 0.05) is 17.1 Å². The SMILES string of the molecule is COc1ccc([C@@H]2C(=C(O)c3ccccc3)C(=O)C(=O)N2c2nccs2)cc1OC. The zero-order chi connectivity index (χ0) is 21.3. The van der Waals surface area contributed by atoms with Gasteiger partial charge in [0.25, 0.3) is 5.78 Å². The van der Waals surface area contributed by atoms with Crippen LogP contribution in [0.2, 0.25) is 0 Å². The van der Waals surface area contributed by atoms with Crippen molar-refractivity contribution in [3.63, 3.8) is 0 Å². The highest BCUT2D eigenvalue weighted by molar-refractivity contribution is 7.14. The Morgan fingerprint density at radius 3 is 2.43 bits per heavy atom. The third-order valence-electron chi connectivity index (χ3n) is 4.84. The lowest BCUT2D eigenvalue weighted by Crippen LogP contribution is -2.29. The number of anilines is 1. The van der Waals surface area contributed by atoms with E-state index in [2.05, 4.69) is 4.98 Å². The van der Waals surface area contributed by atoms with E-state index in [0.717, 1.165) is 0 Å². The van der Waals surface area contributed by atoms with Crippen molar-refractivity contribution in [2.24, 2.45) is 0 Å². The molecule has 1 aliphatic rings. The molecule has 1 N–H and O–H groups in total. The molecule has 1 fully saturated rings. The van der Waals surface area contributed by atoms with Crippen LogP contribution in [0.5, 0.6) is 11.5 Å². The fourth-order valence-electron chi connectivity index (χ4n) is 3.45. The molecular formula is C22H18N2O5S. The van der Waals surface area contributed by atoms with Crippen molar-refractivity contribution in [3.05, 3.63) is 76.8 Å². The number of amides is 1. The number of hydrogen-bond acceptors (Lipinski definition) is 7. The number of aromatic nitrogens is 1. The molecule has 7 nitrogen and oxygen atoms in total. The Hall–Kier alpha value is -3.65. The summed E-state index contributed by atoms with van der Waals surface area (Å²) in [6, 6.07) is 12.9. The van der Waals surface area contributed by atoms with E-state index >= 15 is 0 Å². The molecule has 0 spiro atoms. The van der Waals surface area contributed by atoms with Crippen molar-refractivity contribution in [2.45, 2.75) is 6.04 Å². The van der Waals surface area contributed by atoms with E-state index in [1.165, 1.54) is 30.5 Å². The molecule has 0 aliphatic carbocycles. The van der Waals surface area contributed by atoms with Crippen LogP contribution in [-0.4, -0.2) is 36.0 Å². The standard InChI is InChI=1S/C22H18N2O5S/c1-28-15-9-8-14(12-16(15)29-2)18-17(19(25)13-6-4-3-5-7-13)20(26)21(27)24(18)22-23-10-11-30-22/h3-12,18,25H,1-2H3/t18-/m1/s1. The summed E-state index contributed by atoms with van der Waals surface area (Å²) in [4.78, 5) is 31.5. The van der Waals surface area contributed by atoms with Crippen molar-refractivity contribution >= 4 is 33.9 Å². The van der Waals surface area contributed by atoms with Crippen molar-refractivity contribution in [3.8, 4) is 11.5 Å². The van der Waals surface area contributed by atoms with Crippen LogP contribution in [0.4, 0.5) is 5.13 Å². The van der Waals surface area contributed by atoms with E-state index in [1.807, 2.05) is 0 Å². The Labute approximate surface area is 176 Å². The Balaban J connectivity index is 1.95. The van der Waals surface area contributed by atoms with E-state index < -0.39 is 17.7 Å². The topological polar surface area (TPSA) is 89.0 Å². The number of carbonyl (C=O) groups excluding carboxylic acids is 2. The number of benzene rings is 2. The largest absolute Gasteiger partial charge is 0.507 e. The van der Waals surface area contributed by atoms with Gasteiger partial charge in [-0.3, -0.25) is 14.5 Å². The van der Waals surface area contributed by atoms with Gasteiger partial charge in [-0.05, 0) is 17.7 Å². The lowest BCUT2D eigenvalue weighted by Gasteiger charge is -2.23. The number of carbonyl (C=O) groups is 2. The molecule has 0 saturated carbocycles. The van der Waals surface area contributed by atoms with Crippen LogP contribution in [0.1, 0.15) is 17.2 Å². The summed E-state index contributed by atoms with van der Waals surface area (Å²) in [6.07, 6.45) is 1.56. The maximum atomic E-state index is 13.0. The van der Waals surface area contributed by atoms with E-state index in [1.54, 1.807) is 60.1 Å². The Kier molecular flexibility index (Phi) is 5.24. The highest BCUT2D eigenvalue weighted by Crippen LogP contribution is 2.44. The molecule has 1 saturated heterocycles. The smallest absolute Gasteiger partial charge is 0.301 e. The zero-order valence-electron chi connectivity index (χ0n) is 16.2. The molecule has 152 valence electrons. The van der Waals surface area contributed by atoms with E-state index in [4.69, 9.17) is 9.47 Å². The molecule has 0 radical (unpaired) electrons. The average Bonchev–Trinajstić information content (AvgIpc) is 3.40. The quantitative estimate of drug-likeness (QED) is 0.382. The summed E-state index contributed by atoms with van der Waals surface area (Å²) in [5, 5.41) is 13.1. The van der Waals surface area contributed by atoms with Crippen LogP contribution in [0.15, 0.2) is 65.7 Å². The molecule has 1 aromatic heterocycles. The normalized spacial score (nSPS) is 17.9. The molecule has 8 heteroatoms. The highest BCUT2D eigenvalue weighted by atomic mass is 32.1. The molecule has 2 heterocycles. The van der Waals surface area contributed by atoms with Crippen LogP contribution >= 0.6 is 11.3 Å². The van der Waals surface area contributed by atoms with Gasteiger partial charge in [-0.25, -0.2) is 4.98 Å². The Morgan fingerprint density at radius 2 is 1.80 bits per heavy atom. The van der Waals surface area contributed by atoms with Gasteiger partial charge in [-0.15, -0.1) is 11.3 Å². The van der Waals surface area contributed by atoms with Gasteiger partial charge in [0.1, 0.15) is 5.76 Å². The number of rotatable bonds is 5. The van der Waals surface area contributed by atoms with Crippen molar-refractivity contribution in [1.29, 1.82) is 0 Å². The van der Waals surface area contributed by atoms with Crippen LogP contribution in [-0.2, 0) is 9.59 Å². The molecular weight excluding hydrogens is 404 g/mol. The summed E-state index contributed by atoms with van der Waals surface area (Å²) in [5.74, 6) is -0.809. The van der Waals surface area contributed by atoms with Crippen molar-refractivity contribution < 1.29 is 24.2 Å². The second-order valence-corrected chi connectivity index (χ2v) is 7.34. The van der Waals surface area contributed by atoms with Crippen LogP contribution < -0.4 is 14.4 Å². The molecule has 1 atom stereocenters. The van der Waals surface area contributed by atoms with Gasteiger partial charge in [-0.2, -0.15) is 0 Å². The number of aliphatic hydroxyl groups is 1. The Morgan fingerprint density at radius 1 is 1.07 bits per heavy atom. The van der Waals surface area contributed by atoms with Gasteiger partial charge < -0.3 is 14.6 Å². The summed E-state index contributed by atoms with van der Waals surface area (Å²) < 4.78 is 10.7. The predicted octanol–water partition coefficient (Wildman–Crippen LogP) is 3.79. The van der Waals surface area contributed by atoms with Gasteiger partial charge in [-0.1, -0.05) is 36.4 Å². The molecule has 2 aromatic carbocycles. The van der Waals surface area contributed by atoms with Crippen molar-refractivity contribution in [2.75, 3.05) is 19.1 Å². The molecule has 0 unspecified atom stereocenters. The van der Waals surface area contributed by atoms with Gasteiger partial charge in [0.15, 0.2) is 16.6 Å². The zero-order valence-corrected chi connectivity index (χ0v) is 17.1. The van der Waals surface area contributed by atoms with E-state index in [0.29, 0.717) is 27.8 Å². The first-order valence-corrected chi connectivity index (χ1v) is 9.92. The highest BCUT2D eigenvalue weighted by Gasteiger charge is 2.48. The predicted molar refractivity (Wildman–Crippen MR) is 113 cm³/mol. The molecule has 4 rings (SSSR count). The first kappa shape index (κ1) is 19.7. The minimum atomic E-state index is -0.865. The van der Waals surface area contributed by atoms with Crippen molar-refractivity contribution in [1.82, 2.24) is 4.98 Å². The molecule has 3 aromatic rings. The summed E-state index contributed by atoms with van der Waals surface area (Å²) >= 11 is 1.23. The van der Waals surface area contributed by atoms with E-state index in [9.17, 15) is 14.7 Å². The Bertz CT molecular complexity index is 1130. The van der Waals surface area contributed by atoms with Crippen LogP contribution in [0, 0.1) is 0 Å². The van der Waals surface area contributed by atoms with E-state index in [-0.39, 0.29) is 11.3 Å². The second kappa shape index (κ2) is 8.00. The number of ketones is 1. The summed E-state index contributed by atoms with van der Waals surface area (Å²) in [6.45, 7) is 0. The van der Waals surface area contributed by atoms with Gasteiger partial charge in [0.2, 0.25) is 0 Å². The lowest BCUT2D eigenvalue weighted by atomic mass is 9.95. The molecule has 30 heavy (non-hydrogen) atoms. The molecule has 1 aliphatic heterocycles. The number of hydrogen-bond donors (Lipinski definition) is 1. The fraction of sp³-hybridized carbons (Fsp3) is 0.136. The minimum Gasteiger partial charge on any atom is -0.507 e. The van der Waals surface area contributed by atoms with Crippen LogP contribution in [0.3, 0.4) is 0 Å². The molecule has 0 bridgehead atoms. The monoisotopic (exact) mass is 422 g/mol. The maximum absolute atomic E-state index is 13.0. The van der Waals surface area contributed by atoms with Gasteiger partial charge >= 0.3 is 5.91 Å². The number of methoxy groups -OCH3 is 2. The first-order chi connectivity index (χ1) is 14.6. The molecule has 1 amide bonds. The number of nitrogens with zero attached hydrogens (tertiary/aromatic N) is 2. The third-order valence-corrected chi connectivity index (χ3v) is 5.61. The number of aliphatic hydroxyl groups excluding tert-OH is 1. The summed E-state index contributed by atoms with van der Waals surface area (Å²) in [7, 11) is 3.03. The first-order valence-electron chi connectivity index (χ1n) is 9.04. The fourth-order valence-corrected chi connectivity index (χ4v) is 4.12. The average molecular weight is 422 g/mol. The third kappa shape index (κ3) is 3.21. The minimum absolute atomic E-state index is 0.00591. The second-order valence-electron chi connectivity index (χ2n) is 6.46. The number of ether oxygens (including phenoxy) is 2. The lowest BCUT2D eigenvalue weighted by molar-refractivity contribution is -0.132. The maximum Gasteiger partial charge on any atom is 0.301 e. The van der Waals surface area contributed by atoms with Gasteiger partial charge in [0.05, 0.1) is 25.8 Å². The summed E-state index contributed by atoms with van der Waals surface area (Å²) in [5.41, 5.74) is 1.02.